The van der Waals surface area contributed by atoms with Gasteiger partial charge in [-0.2, -0.15) is 5.10 Å². The van der Waals surface area contributed by atoms with Crippen LogP contribution in [-0.4, -0.2) is 26.6 Å². The fourth-order valence-corrected chi connectivity index (χ4v) is 2.87. The zero-order chi connectivity index (χ0) is 17.4. The summed E-state index contributed by atoms with van der Waals surface area (Å²) in [6, 6.07) is 13.7. The Morgan fingerprint density at radius 2 is 2.04 bits per heavy atom. The van der Waals surface area contributed by atoms with E-state index in [0.29, 0.717) is 17.2 Å². The standard InChI is InChI=1S/C18H16N4O3/c1-21-11-19-22(18(21)23)10-13-9-15(20-25-13)17-14-6-4-3-5-12(14)7-8-16(17)24-2/h3-9,11H,10H2,1-2H3. The maximum Gasteiger partial charge on any atom is 0.345 e. The van der Waals surface area contributed by atoms with E-state index in [1.54, 1.807) is 14.2 Å². The van der Waals surface area contributed by atoms with Crippen molar-refractivity contribution in [2.75, 3.05) is 7.11 Å². The summed E-state index contributed by atoms with van der Waals surface area (Å²) >= 11 is 0. The maximum atomic E-state index is 11.9. The molecule has 2 aromatic carbocycles. The molecule has 25 heavy (non-hydrogen) atoms. The second-order valence-electron chi connectivity index (χ2n) is 5.72. The number of rotatable bonds is 4. The van der Waals surface area contributed by atoms with Gasteiger partial charge in [-0.15, -0.1) is 0 Å². The van der Waals surface area contributed by atoms with Gasteiger partial charge in [0.2, 0.25) is 0 Å². The molecule has 0 saturated carbocycles. The van der Waals surface area contributed by atoms with Crippen molar-refractivity contribution in [3.05, 3.63) is 65.0 Å². The molecular formula is C18H16N4O3. The molecule has 0 spiro atoms. The summed E-state index contributed by atoms with van der Waals surface area (Å²) in [5.74, 6) is 1.26. The third kappa shape index (κ3) is 2.59. The van der Waals surface area contributed by atoms with Gasteiger partial charge in [-0.05, 0) is 16.8 Å². The molecule has 0 N–H and O–H groups in total. The maximum absolute atomic E-state index is 11.9. The van der Waals surface area contributed by atoms with Crippen LogP contribution in [0.1, 0.15) is 5.76 Å². The number of methoxy groups -OCH3 is 1. The summed E-state index contributed by atoms with van der Waals surface area (Å²) < 4.78 is 13.7. The lowest BCUT2D eigenvalue weighted by Crippen LogP contribution is -2.23. The van der Waals surface area contributed by atoms with Gasteiger partial charge in [-0.25, -0.2) is 9.48 Å². The van der Waals surface area contributed by atoms with E-state index in [0.717, 1.165) is 16.3 Å². The molecule has 0 atom stereocenters. The minimum absolute atomic E-state index is 0.208. The lowest BCUT2D eigenvalue weighted by atomic mass is 10.0. The van der Waals surface area contributed by atoms with E-state index in [1.165, 1.54) is 15.6 Å². The predicted molar refractivity (Wildman–Crippen MR) is 92.6 cm³/mol. The fraction of sp³-hybridized carbons (Fsp3) is 0.167. The molecule has 0 amide bonds. The molecule has 0 fully saturated rings. The van der Waals surface area contributed by atoms with Gasteiger partial charge in [-0.3, -0.25) is 4.57 Å². The monoisotopic (exact) mass is 336 g/mol. The van der Waals surface area contributed by atoms with E-state index >= 15 is 0 Å². The Kier molecular flexibility index (Phi) is 3.61. The zero-order valence-corrected chi connectivity index (χ0v) is 13.8. The van der Waals surface area contributed by atoms with Crippen LogP contribution in [0.5, 0.6) is 5.75 Å². The highest BCUT2D eigenvalue weighted by molar-refractivity contribution is 5.98. The van der Waals surface area contributed by atoms with Crippen LogP contribution < -0.4 is 10.4 Å². The van der Waals surface area contributed by atoms with Crippen molar-refractivity contribution in [3.8, 4) is 17.0 Å². The molecular weight excluding hydrogens is 320 g/mol. The number of benzene rings is 2. The van der Waals surface area contributed by atoms with Gasteiger partial charge in [-0.1, -0.05) is 35.5 Å². The van der Waals surface area contributed by atoms with Crippen molar-refractivity contribution in [1.82, 2.24) is 19.5 Å². The molecule has 0 aliphatic carbocycles. The summed E-state index contributed by atoms with van der Waals surface area (Å²) in [5, 5.41) is 10.3. The average molecular weight is 336 g/mol. The van der Waals surface area contributed by atoms with Gasteiger partial charge in [0, 0.05) is 13.1 Å². The van der Waals surface area contributed by atoms with Crippen LogP contribution in [0.3, 0.4) is 0 Å². The first-order valence-electron chi connectivity index (χ1n) is 7.77. The second kappa shape index (κ2) is 5.94. The van der Waals surface area contributed by atoms with E-state index in [1.807, 2.05) is 42.5 Å². The Morgan fingerprint density at radius 3 is 2.80 bits per heavy atom. The molecule has 0 unspecified atom stereocenters. The Balaban J connectivity index is 1.79. The van der Waals surface area contributed by atoms with Crippen molar-refractivity contribution < 1.29 is 9.26 Å². The number of fused-ring (bicyclic) bond motifs is 1. The van der Waals surface area contributed by atoms with Crippen LogP contribution in [0.25, 0.3) is 22.0 Å². The number of hydrogen-bond acceptors (Lipinski definition) is 5. The largest absolute Gasteiger partial charge is 0.496 e. The first-order chi connectivity index (χ1) is 12.2. The van der Waals surface area contributed by atoms with Crippen LogP contribution in [0.4, 0.5) is 0 Å². The molecule has 126 valence electrons. The number of aromatic nitrogens is 4. The molecule has 0 aliphatic rings. The second-order valence-corrected chi connectivity index (χ2v) is 5.72. The normalized spacial score (nSPS) is 11.1. The smallest absolute Gasteiger partial charge is 0.345 e. The van der Waals surface area contributed by atoms with Gasteiger partial charge < -0.3 is 9.26 Å². The Morgan fingerprint density at radius 1 is 1.20 bits per heavy atom. The lowest BCUT2D eigenvalue weighted by Gasteiger charge is -2.09. The van der Waals surface area contributed by atoms with Crippen LogP contribution in [0.2, 0.25) is 0 Å². The third-order valence-corrected chi connectivity index (χ3v) is 4.12. The predicted octanol–water partition coefficient (Wildman–Crippen LogP) is 2.45. The number of ether oxygens (including phenoxy) is 1. The molecule has 0 saturated heterocycles. The average Bonchev–Trinajstić information content (AvgIpc) is 3.23. The Bertz CT molecular complexity index is 1110. The van der Waals surface area contributed by atoms with Gasteiger partial charge in [0.25, 0.3) is 0 Å². The van der Waals surface area contributed by atoms with Crippen molar-refractivity contribution in [3.63, 3.8) is 0 Å². The Labute approximate surface area is 143 Å². The molecule has 2 aromatic heterocycles. The van der Waals surface area contributed by atoms with Crippen molar-refractivity contribution in [1.29, 1.82) is 0 Å². The topological polar surface area (TPSA) is 75.1 Å². The van der Waals surface area contributed by atoms with Crippen LogP contribution >= 0.6 is 0 Å². The first kappa shape index (κ1) is 15.2. The molecule has 4 rings (SSSR count). The van der Waals surface area contributed by atoms with E-state index in [-0.39, 0.29) is 12.2 Å². The van der Waals surface area contributed by atoms with Crippen molar-refractivity contribution >= 4 is 10.8 Å². The Hall–Kier alpha value is -3.35. The summed E-state index contributed by atoms with van der Waals surface area (Å²) in [7, 11) is 3.28. The molecule has 7 heteroatoms. The van der Waals surface area contributed by atoms with E-state index in [2.05, 4.69) is 10.3 Å². The van der Waals surface area contributed by atoms with E-state index < -0.39 is 0 Å². The highest BCUT2D eigenvalue weighted by atomic mass is 16.5. The lowest BCUT2D eigenvalue weighted by molar-refractivity contribution is 0.370. The molecule has 4 aromatic rings. The van der Waals surface area contributed by atoms with Gasteiger partial charge in [0.15, 0.2) is 5.76 Å². The van der Waals surface area contributed by atoms with Gasteiger partial charge >= 0.3 is 5.69 Å². The van der Waals surface area contributed by atoms with Crippen LogP contribution in [0, 0.1) is 0 Å². The quantitative estimate of drug-likeness (QED) is 0.572. The molecule has 0 aliphatic heterocycles. The minimum atomic E-state index is -0.208. The van der Waals surface area contributed by atoms with Crippen molar-refractivity contribution in [2.24, 2.45) is 7.05 Å². The third-order valence-electron chi connectivity index (χ3n) is 4.12. The summed E-state index contributed by atoms with van der Waals surface area (Å²) in [6.07, 6.45) is 1.47. The van der Waals surface area contributed by atoms with Crippen LogP contribution in [0.15, 0.2) is 58.1 Å². The van der Waals surface area contributed by atoms with E-state index in [4.69, 9.17) is 9.26 Å². The molecule has 0 radical (unpaired) electrons. The molecule has 7 nitrogen and oxygen atoms in total. The van der Waals surface area contributed by atoms with Crippen molar-refractivity contribution in [2.45, 2.75) is 6.54 Å². The fourth-order valence-electron chi connectivity index (χ4n) is 2.87. The first-order valence-corrected chi connectivity index (χ1v) is 7.77. The number of nitrogens with zero attached hydrogens (tertiary/aromatic N) is 4. The van der Waals surface area contributed by atoms with Gasteiger partial charge in [0.05, 0.1) is 12.7 Å². The SMILES string of the molecule is COc1ccc2ccccc2c1-c1cc(Cn2ncn(C)c2=O)on1. The van der Waals surface area contributed by atoms with E-state index in [9.17, 15) is 4.79 Å². The highest BCUT2D eigenvalue weighted by Gasteiger charge is 2.16. The number of aryl methyl sites for hydroxylation is 1. The van der Waals surface area contributed by atoms with Crippen LogP contribution in [-0.2, 0) is 13.6 Å². The summed E-state index contributed by atoms with van der Waals surface area (Å²) in [5.41, 5.74) is 1.32. The molecule has 2 heterocycles. The number of hydrogen-bond donors (Lipinski definition) is 0. The molecule has 0 bridgehead atoms. The van der Waals surface area contributed by atoms with Gasteiger partial charge in [0.1, 0.15) is 24.3 Å². The summed E-state index contributed by atoms with van der Waals surface area (Å²) in [4.78, 5) is 11.9. The minimum Gasteiger partial charge on any atom is -0.496 e. The highest BCUT2D eigenvalue weighted by Crippen LogP contribution is 2.36. The summed E-state index contributed by atoms with van der Waals surface area (Å²) in [6.45, 7) is 0.222. The zero-order valence-electron chi connectivity index (χ0n) is 13.8.